The second-order valence-corrected chi connectivity index (χ2v) is 6.88. The minimum absolute atomic E-state index is 0. The normalized spacial score (nSPS) is 15.4. The van der Waals surface area contributed by atoms with Crippen LogP contribution in [0.2, 0.25) is 0 Å². The van der Waals surface area contributed by atoms with E-state index in [0.29, 0.717) is 0 Å². The van der Waals surface area contributed by atoms with Crippen molar-refractivity contribution >= 4 is 35.6 Å². The first-order valence-electron chi connectivity index (χ1n) is 9.97. The molecular weight excluding hydrogens is 498 g/mol. The molecule has 2 N–H and O–H groups in total. The van der Waals surface area contributed by atoms with Gasteiger partial charge < -0.3 is 25.0 Å². The van der Waals surface area contributed by atoms with E-state index >= 15 is 0 Å². The van der Waals surface area contributed by atoms with Gasteiger partial charge in [-0.3, -0.25) is 4.99 Å². The fourth-order valence-corrected chi connectivity index (χ4v) is 3.49. The molecular formula is C22H30FIN4O2. The second-order valence-electron chi connectivity index (χ2n) is 6.88. The zero-order chi connectivity index (χ0) is 20.6. The van der Waals surface area contributed by atoms with Crippen molar-refractivity contribution in [2.24, 2.45) is 4.99 Å². The molecule has 2 aromatic rings. The molecule has 1 fully saturated rings. The third-order valence-corrected chi connectivity index (χ3v) is 5.02. The van der Waals surface area contributed by atoms with Gasteiger partial charge in [-0.25, -0.2) is 4.39 Å². The van der Waals surface area contributed by atoms with Gasteiger partial charge in [-0.1, -0.05) is 30.3 Å². The minimum atomic E-state index is -0.972. The predicted molar refractivity (Wildman–Crippen MR) is 130 cm³/mol. The molecule has 1 aliphatic rings. The number of methoxy groups -OCH3 is 1. The molecule has 3 rings (SSSR count). The quantitative estimate of drug-likeness (QED) is 0.343. The van der Waals surface area contributed by atoms with Gasteiger partial charge in [0.2, 0.25) is 0 Å². The molecule has 6 nitrogen and oxygen atoms in total. The maximum atomic E-state index is 13.9. The molecule has 0 aliphatic carbocycles. The number of aliphatic imine (C=N–C) groups is 1. The number of hydrogen-bond acceptors (Lipinski definition) is 4. The van der Waals surface area contributed by atoms with Crippen molar-refractivity contribution in [1.29, 1.82) is 0 Å². The van der Waals surface area contributed by atoms with E-state index in [4.69, 9.17) is 4.74 Å². The van der Waals surface area contributed by atoms with Crippen molar-refractivity contribution in [3.63, 3.8) is 0 Å². The number of nitrogens with one attached hydrogen (secondary N) is 1. The Labute approximate surface area is 194 Å². The summed E-state index contributed by atoms with van der Waals surface area (Å²) < 4.78 is 19.4. The highest BCUT2D eigenvalue weighted by molar-refractivity contribution is 14.0. The molecule has 0 aromatic heterocycles. The molecule has 8 heteroatoms. The van der Waals surface area contributed by atoms with Gasteiger partial charge in [0, 0.05) is 38.3 Å². The number of aliphatic hydroxyl groups is 1. The molecule has 0 amide bonds. The fraction of sp³-hybridized carbons (Fsp3) is 0.409. The number of benzene rings is 2. The third-order valence-electron chi connectivity index (χ3n) is 5.02. The van der Waals surface area contributed by atoms with E-state index in [-0.39, 0.29) is 36.1 Å². The van der Waals surface area contributed by atoms with Crippen molar-refractivity contribution in [1.82, 2.24) is 10.2 Å². The molecule has 0 bridgehead atoms. The van der Waals surface area contributed by atoms with Gasteiger partial charge in [-0.05, 0) is 25.1 Å². The molecule has 2 aromatic carbocycles. The summed E-state index contributed by atoms with van der Waals surface area (Å²) in [7, 11) is 1.69. The number of piperazine rings is 1. The zero-order valence-electron chi connectivity index (χ0n) is 17.4. The molecule has 1 unspecified atom stereocenters. The standard InChI is InChI=1S/C22H29FN4O2.HI/c1-3-24-22(25-16-20(28)17-8-4-5-9-18(17)23)27-14-12-26(13-15-27)19-10-6-7-11-21(19)29-2;/h4-11,20,28H,3,12-16H2,1-2H3,(H,24,25);1H. The summed E-state index contributed by atoms with van der Waals surface area (Å²) in [4.78, 5) is 9.03. The summed E-state index contributed by atoms with van der Waals surface area (Å²) in [5.41, 5.74) is 1.36. The third kappa shape index (κ3) is 5.98. The fourth-order valence-electron chi connectivity index (χ4n) is 3.49. The maximum absolute atomic E-state index is 13.9. The van der Waals surface area contributed by atoms with Crippen LogP contribution < -0.4 is 15.0 Å². The molecule has 0 spiro atoms. The number of hydrogen-bond donors (Lipinski definition) is 2. The Morgan fingerprint density at radius 3 is 2.47 bits per heavy atom. The Bertz CT molecular complexity index is 828. The summed E-state index contributed by atoms with van der Waals surface area (Å²) in [6, 6.07) is 14.3. The van der Waals surface area contributed by atoms with Crippen LogP contribution in [-0.2, 0) is 0 Å². The number of guanidine groups is 1. The number of para-hydroxylation sites is 2. The van der Waals surface area contributed by atoms with Crippen LogP contribution in [0.4, 0.5) is 10.1 Å². The van der Waals surface area contributed by atoms with Crippen molar-refractivity contribution in [3.05, 3.63) is 59.9 Å². The Balaban J connectivity index is 0.00000320. The van der Waals surface area contributed by atoms with Crippen LogP contribution in [0.1, 0.15) is 18.6 Å². The monoisotopic (exact) mass is 528 g/mol. The summed E-state index contributed by atoms with van der Waals surface area (Å²) in [6.07, 6.45) is -0.972. The molecule has 1 aliphatic heterocycles. The predicted octanol–water partition coefficient (Wildman–Crippen LogP) is 3.27. The first-order valence-corrected chi connectivity index (χ1v) is 9.97. The Hall–Kier alpha value is -2.07. The summed E-state index contributed by atoms with van der Waals surface area (Å²) in [6.45, 7) is 6.09. The van der Waals surface area contributed by atoms with Gasteiger partial charge in [-0.15, -0.1) is 24.0 Å². The van der Waals surface area contributed by atoms with Crippen LogP contribution in [0.15, 0.2) is 53.5 Å². The van der Waals surface area contributed by atoms with Crippen LogP contribution in [0.5, 0.6) is 5.75 Å². The van der Waals surface area contributed by atoms with E-state index < -0.39 is 11.9 Å². The topological polar surface area (TPSA) is 60.3 Å². The van der Waals surface area contributed by atoms with E-state index in [1.807, 2.05) is 25.1 Å². The van der Waals surface area contributed by atoms with Gasteiger partial charge >= 0.3 is 0 Å². The van der Waals surface area contributed by atoms with Crippen molar-refractivity contribution in [2.45, 2.75) is 13.0 Å². The van der Waals surface area contributed by atoms with Crippen molar-refractivity contribution in [3.8, 4) is 5.75 Å². The maximum Gasteiger partial charge on any atom is 0.194 e. The van der Waals surface area contributed by atoms with Crippen LogP contribution in [-0.4, -0.2) is 62.3 Å². The molecule has 0 saturated carbocycles. The van der Waals surface area contributed by atoms with Gasteiger partial charge in [-0.2, -0.15) is 0 Å². The molecule has 1 saturated heterocycles. The lowest BCUT2D eigenvalue weighted by Gasteiger charge is -2.38. The lowest BCUT2D eigenvalue weighted by molar-refractivity contribution is 0.181. The molecule has 0 radical (unpaired) electrons. The molecule has 164 valence electrons. The number of aliphatic hydroxyl groups excluding tert-OH is 1. The lowest BCUT2D eigenvalue weighted by Crippen LogP contribution is -2.52. The van der Waals surface area contributed by atoms with E-state index in [2.05, 4.69) is 26.2 Å². The summed E-state index contributed by atoms with van der Waals surface area (Å²) >= 11 is 0. The van der Waals surface area contributed by atoms with Gasteiger partial charge in [0.05, 0.1) is 19.3 Å². The van der Waals surface area contributed by atoms with E-state index in [1.165, 1.54) is 6.07 Å². The van der Waals surface area contributed by atoms with E-state index in [9.17, 15) is 9.50 Å². The Morgan fingerprint density at radius 1 is 1.13 bits per heavy atom. The first-order chi connectivity index (χ1) is 14.1. The highest BCUT2D eigenvalue weighted by Crippen LogP contribution is 2.28. The van der Waals surface area contributed by atoms with Crippen LogP contribution >= 0.6 is 24.0 Å². The SMILES string of the molecule is CCNC(=NCC(O)c1ccccc1F)N1CCN(c2ccccc2OC)CC1.I. The molecule has 1 atom stereocenters. The number of nitrogens with zero attached hydrogens (tertiary/aromatic N) is 3. The molecule has 1 heterocycles. The van der Waals surface area contributed by atoms with Gasteiger partial charge in [0.25, 0.3) is 0 Å². The van der Waals surface area contributed by atoms with Crippen LogP contribution in [0.25, 0.3) is 0 Å². The molecule has 30 heavy (non-hydrogen) atoms. The average Bonchev–Trinajstić information content (AvgIpc) is 2.77. The lowest BCUT2D eigenvalue weighted by atomic mass is 10.1. The minimum Gasteiger partial charge on any atom is -0.495 e. The van der Waals surface area contributed by atoms with Crippen LogP contribution in [0, 0.1) is 5.82 Å². The Kier molecular flexibility index (Phi) is 9.64. The highest BCUT2D eigenvalue weighted by Gasteiger charge is 2.22. The largest absolute Gasteiger partial charge is 0.495 e. The van der Waals surface area contributed by atoms with Crippen molar-refractivity contribution in [2.75, 3.05) is 51.3 Å². The number of anilines is 1. The van der Waals surface area contributed by atoms with E-state index in [1.54, 1.807) is 25.3 Å². The van der Waals surface area contributed by atoms with E-state index in [0.717, 1.165) is 50.1 Å². The van der Waals surface area contributed by atoms with Crippen molar-refractivity contribution < 1.29 is 14.2 Å². The Morgan fingerprint density at radius 2 is 1.80 bits per heavy atom. The number of halogens is 2. The number of ether oxygens (including phenoxy) is 1. The van der Waals surface area contributed by atoms with Gasteiger partial charge in [0.1, 0.15) is 17.7 Å². The second kappa shape index (κ2) is 11.9. The van der Waals surface area contributed by atoms with Crippen LogP contribution in [0.3, 0.4) is 0 Å². The van der Waals surface area contributed by atoms with Gasteiger partial charge in [0.15, 0.2) is 5.96 Å². The summed E-state index contributed by atoms with van der Waals surface area (Å²) in [5.74, 6) is 1.20. The number of rotatable bonds is 6. The highest BCUT2D eigenvalue weighted by atomic mass is 127. The smallest absolute Gasteiger partial charge is 0.194 e. The average molecular weight is 528 g/mol. The first kappa shape index (κ1) is 24.2. The zero-order valence-corrected chi connectivity index (χ0v) is 19.8. The summed E-state index contributed by atoms with van der Waals surface area (Å²) in [5, 5.41) is 13.6.